The molecule has 1 heterocycles. The second kappa shape index (κ2) is 9.75. The molecular weight excluding hydrogens is 444 g/mol. The van der Waals surface area contributed by atoms with Gasteiger partial charge in [-0.15, -0.1) is 0 Å². The van der Waals surface area contributed by atoms with Gasteiger partial charge < -0.3 is 5.32 Å². The Balaban J connectivity index is 1.46. The lowest BCUT2D eigenvalue weighted by Crippen LogP contribution is -2.23. The summed E-state index contributed by atoms with van der Waals surface area (Å²) >= 11 is 6.23. The summed E-state index contributed by atoms with van der Waals surface area (Å²) in [4.78, 5) is 0.0504. The summed E-state index contributed by atoms with van der Waals surface area (Å²) in [5.74, 6) is 1.02. The highest BCUT2D eigenvalue weighted by Crippen LogP contribution is 2.40. The van der Waals surface area contributed by atoms with E-state index in [0.29, 0.717) is 18.4 Å². The van der Waals surface area contributed by atoms with Crippen molar-refractivity contribution in [2.45, 2.75) is 43.0 Å². The molecule has 3 N–H and O–H groups in total. The fourth-order valence-corrected chi connectivity index (χ4v) is 5.42. The average Bonchev–Trinajstić information content (AvgIpc) is 3.34. The van der Waals surface area contributed by atoms with Gasteiger partial charge in [-0.1, -0.05) is 41.9 Å². The van der Waals surface area contributed by atoms with Gasteiger partial charge in [0.1, 0.15) is 4.90 Å². The highest BCUT2D eigenvalue weighted by Gasteiger charge is 2.32. The van der Waals surface area contributed by atoms with Gasteiger partial charge in [-0.05, 0) is 85.5 Å². The van der Waals surface area contributed by atoms with Gasteiger partial charge in [0.2, 0.25) is 10.0 Å². The van der Waals surface area contributed by atoms with Gasteiger partial charge in [-0.25, -0.2) is 13.6 Å². The molecule has 170 valence electrons. The number of nitrogens with two attached hydrogens (primary N) is 1. The molecule has 0 radical (unpaired) electrons. The molecule has 4 rings (SSSR count). The van der Waals surface area contributed by atoms with Crippen molar-refractivity contribution in [2.75, 3.05) is 13.6 Å². The summed E-state index contributed by atoms with van der Waals surface area (Å²) in [5.41, 5.74) is 5.44. The third-order valence-corrected chi connectivity index (χ3v) is 7.37. The number of nitrogens with zero attached hydrogens (tertiary/aromatic N) is 2. The van der Waals surface area contributed by atoms with E-state index in [0.717, 1.165) is 37.3 Å². The lowest BCUT2D eigenvalue weighted by Gasteiger charge is -2.21. The Morgan fingerprint density at radius 2 is 2.06 bits per heavy atom. The van der Waals surface area contributed by atoms with Crippen molar-refractivity contribution in [1.29, 1.82) is 0 Å². The number of fused-ring (bicyclic) bond motifs is 1. The number of benzene rings is 2. The summed E-state index contributed by atoms with van der Waals surface area (Å²) < 4.78 is 24.5. The van der Waals surface area contributed by atoms with E-state index in [4.69, 9.17) is 16.7 Å². The number of hydrogen-bond acceptors (Lipinski definition) is 4. The van der Waals surface area contributed by atoms with Crippen LogP contribution in [0.5, 0.6) is 0 Å². The molecule has 8 heteroatoms. The summed E-state index contributed by atoms with van der Waals surface area (Å²) in [7, 11) is -1.69. The molecule has 0 saturated carbocycles. The van der Waals surface area contributed by atoms with Crippen LogP contribution in [0.4, 0.5) is 0 Å². The number of aromatic nitrogens is 2. The van der Waals surface area contributed by atoms with E-state index in [1.807, 2.05) is 19.2 Å². The van der Waals surface area contributed by atoms with Crippen LogP contribution in [0, 0.1) is 5.92 Å². The zero-order valence-corrected chi connectivity index (χ0v) is 19.7. The molecule has 2 atom stereocenters. The molecule has 0 fully saturated rings. The van der Waals surface area contributed by atoms with Crippen molar-refractivity contribution in [3.63, 3.8) is 0 Å². The van der Waals surface area contributed by atoms with E-state index in [9.17, 15) is 8.42 Å². The number of rotatable bonds is 9. The first-order valence-electron chi connectivity index (χ1n) is 10.9. The van der Waals surface area contributed by atoms with Crippen LogP contribution in [0.2, 0.25) is 5.02 Å². The number of halogens is 1. The maximum Gasteiger partial charge on any atom is 0.241 e. The Morgan fingerprint density at radius 3 is 2.78 bits per heavy atom. The summed E-state index contributed by atoms with van der Waals surface area (Å²) in [6.07, 6.45) is 6.62. The molecule has 0 bridgehead atoms. The Kier molecular flexibility index (Phi) is 7.00. The molecule has 0 aliphatic heterocycles. The number of aryl methyl sites for hydroxylation is 2. The minimum Gasteiger partial charge on any atom is -0.319 e. The molecule has 1 aromatic heterocycles. The lowest BCUT2D eigenvalue weighted by molar-refractivity contribution is 0.436. The molecule has 0 amide bonds. The maximum absolute atomic E-state index is 11.4. The quantitative estimate of drug-likeness (QED) is 0.498. The average molecular weight is 473 g/mol. The van der Waals surface area contributed by atoms with Crippen molar-refractivity contribution in [2.24, 2.45) is 11.1 Å². The van der Waals surface area contributed by atoms with E-state index in [1.54, 1.807) is 4.68 Å². The lowest BCUT2D eigenvalue weighted by atomic mass is 9.86. The minimum absolute atomic E-state index is 0.0504. The molecule has 32 heavy (non-hydrogen) atoms. The summed E-state index contributed by atoms with van der Waals surface area (Å²) in [6, 6.07) is 15.0. The highest BCUT2D eigenvalue weighted by atomic mass is 35.5. The van der Waals surface area contributed by atoms with Crippen LogP contribution in [0.25, 0.3) is 0 Å². The molecule has 0 spiro atoms. The summed E-state index contributed by atoms with van der Waals surface area (Å²) in [6.45, 7) is 1.63. The maximum atomic E-state index is 11.4. The highest BCUT2D eigenvalue weighted by molar-refractivity contribution is 7.89. The van der Waals surface area contributed by atoms with Crippen molar-refractivity contribution >= 4 is 21.6 Å². The van der Waals surface area contributed by atoms with Gasteiger partial charge in [0.15, 0.2) is 0 Å². The first-order valence-corrected chi connectivity index (χ1v) is 12.8. The number of sulfonamides is 1. The van der Waals surface area contributed by atoms with Crippen LogP contribution >= 0.6 is 11.6 Å². The zero-order chi connectivity index (χ0) is 22.7. The van der Waals surface area contributed by atoms with Gasteiger partial charge >= 0.3 is 0 Å². The smallest absolute Gasteiger partial charge is 0.241 e. The molecule has 6 nitrogen and oxygen atoms in total. The number of hydrogen-bond donors (Lipinski definition) is 2. The molecule has 1 aliphatic carbocycles. The Hall–Kier alpha value is -2.19. The van der Waals surface area contributed by atoms with Gasteiger partial charge in [0.05, 0.1) is 6.20 Å². The van der Waals surface area contributed by atoms with Gasteiger partial charge in [0.25, 0.3) is 0 Å². The predicted octanol–water partition coefficient (Wildman–Crippen LogP) is 3.53. The SMILES string of the molecule is CNCC1Cc2ccc(CCCn3cc(S(N)(=O)=O)cn3)cc2C1Cc1cccc(Cl)c1. The van der Waals surface area contributed by atoms with E-state index in [-0.39, 0.29) is 4.90 Å². The van der Waals surface area contributed by atoms with Crippen LogP contribution in [0.15, 0.2) is 59.8 Å². The van der Waals surface area contributed by atoms with Crippen molar-refractivity contribution in [3.05, 3.63) is 82.1 Å². The second-order valence-corrected chi connectivity index (χ2v) is 10.6. The van der Waals surface area contributed by atoms with E-state index in [1.165, 1.54) is 34.6 Å². The number of primary sulfonamides is 1. The topological polar surface area (TPSA) is 90.0 Å². The van der Waals surface area contributed by atoms with Crippen LogP contribution in [-0.4, -0.2) is 31.8 Å². The van der Waals surface area contributed by atoms with E-state index < -0.39 is 10.0 Å². The molecule has 3 aromatic rings. The standard InChI is InChI=1S/C24H29ClN4O2S/c1-27-14-20-13-19-8-7-17(5-3-9-29-16-22(15-28-29)32(26,30)31)11-23(19)24(20)12-18-4-2-6-21(25)10-18/h2,4,6-8,10-11,15-16,20,24,27H,3,5,9,12-14H2,1H3,(H2,26,30,31). The van der Waals surface area contributed by atoms with Crippen molar-refractivity contribution < 1.29 is 8.42 Å². The minimum atomic E-state index is -3.71. The van der Waals surface area contributed by atoms with Gasteiger partial charge in [-0.3, -0.25) is 4.68 Å². The van der Waals surface area contributed by atoms with Crippen LogP contribution in [0.3, 0.4) is 0 Å². The first-order chi connectivity index (χ1) is 15.3. The molecule has 1 aliphatic rings. The fourth-order valence-electron chi connectivity index (χ4n) is 4.74. The Morgan fingerprint density at radius 1 is 1.22 bits per heavy atom. The molecule has 2 unspecified atom stereocenters. The fraction of sp³-hybridized carbons (Fsp3) is 0.375. The zero-order valence-electron chi connectivity index (χ0n) is 18.2. The summed E-state index contributed by atoms with van der Waals surface area (Å²) in [5, 5.41) is 13.4. The van der Waals surface area contributed by atoms with E-state index >= 15 is 0 Å². The Bertz CT molecular complexity index is 1190. The van der Waals surface area contributed by atoms with Crippen LogP contribution in [-0.2, 0) is 35.8 Å². The van der Waals surface area contributed by atoms with E-state index in [2.05, 4.69) is 40.7 Å². The second-order valence-electron chi connectivity index (χ2n) is 8.58. The third kappa shape index (κ3) is 5.41. The monoisotopic (exact) mass is 472 g/mol. The molecule has 2 aromatic carbocycles. The largest absolute Gasteiger partial charge is 0.319 e. The van der Waals surface area contributed by atoms with Crippen molar-refractivity contribution in [3.8, 4) is 0 Å². The molecule has 0 saturated heterocycles. The molecular formula is C24H29ClN4O2S. The van der Waals surface area contributed by atoms with Crippen LogP contribution < -0.4 is 10.5 Å². The van der Waals surface area contributed by atoms with Gasteiger partial charge in [0, 0.05) is 17.8 Å². The predicted molar refractivity (Wildman–Crippen MR) is 127 cm³/mol. The van der Waals surface area contributed by atoms with Crippen molar-refractivity contribution in [1.82, 2.24) is 15.1 Å². The third-order valence-electron chi connectivity index (χ3n) is 6.26. The Labute approximate surface area is 194 Å². The van der Waals surface area contributed by atoms with Crippen LogP contribution in [0.1, 0.15) is 34.6 Å². The first kappa shape index (κ1) is 23.0. The number of nitrogens with one attached hydrogen (secondary N) is 1. The van der Waals surface area contributed by atoms with Gasteiger partial charge in [-0.2, -0.15) is 5.10 Å². The normalized spacial score (nSPS) is 18.1.